The number of hydrogen-bond acceptors (Lipinski definition) is 1. The van der Waals surface area contributed by atoms with E-state index in [0.29, 0.717) is 17.6 Å². The molecule has 0 aromatic heterocycles. The molecule has 100 valence electrons. The van der Waals surface area contributed by atoms with E-state index < -0.39 is 0 Å². The zero-order chi connectivity index (χ0) is 12.8. The predicted octanol–water partition coefficient (Wildman–Crippen LogP) is 4.11. The molecule has 0 heterocycles. The van der Waals surface area contributed by atoms with Crippen molar-refractivity contribution < 1.29 is 4.79 Å². The second-order valence-electron chi connectivity index (χ2n) is 6.88. The van der Waals surface area contributed by atoms with Gasteiger partial charge in [0.1, 0.15) is 5.78 Å². The minimum atomic E-state index is 0.415. The number of hydrogen-bond donors (Lipinski definition) is 0. The standard InChI is InChI=1S/C18H22O/c19-18(16-9-14-8-15(14)10-16)11-13-6-3-5-12-4-1-2-7-17(12)13/h1-2,4,7,13-16H,3,5-6,8-11H2. The van der Waals surface area contributed by atoms with Crippen LogP contribution in [0, 0.1) is 17.8 Å². The first-order valence-corrected chi connectivity index (χ1v) is 7.92. The zero-order valence-corrected chi connectivity index (χ0v) is 11.5. The Hall–Kier alpha value is -1.11. The molecule has 0 spiro atoms. The van der Waals surface area contributed by atoms with Crippen molar-refractivity contribution in [3.8, 4) is 0 Å². The molecule has 2 saturated carbocycles. The molecule has 0 bridgehead atoms. The van der Waals surface area contributed by atoms with Crippen LogP contribution in [0.4, 0.5) is 0 Å². The summed E-state index contributed by atoms with van der Waals surface area (Å²) in [5, 5.41) is 0. The van der Waals surface area contributed by atoms with Crippen LogP contribution >= 0.6 is 0 Å². The molecule has 1 aromatic carbocycles. The van der Waals surface area contributed by atoms with Gasteiger partial charge < -0.3 is 0 Å². The summed E-state index contributed by atoms with van der Waals surface area (Å²) in [6.45, 7) is 0. The van der Waals surface area contributed by atoms with Crippen LogP contribution in [0.2, 0.25) is 0 Å². The van der Waals surface area contributed by atoms with Gasteiger partial charge in [-0.05, 0) is 67.4 Å². The normalized spacial score (nSPS) is 35.6. The lowest BCUT2D eigenvalue weighted by Gasteiger charge is -2.26. The number of aryl methyl sites for hydroxylation is 1. The van der Waals surface area contributed by atoms with Crippen LogP contribution in [0.1, 0.15) is 55.6 Å². The van der Waals surface area contributed by atoms with Crippen molar-refractivity contribution in [1.29, 1.82) is 0 Å². The lowest BCUT2D eigenvalue weighted by molar-refractivity contribution is -0.123. The Kier molecular flexibility index (Phi) is 2.75. The van der Waals surface area contributed by atoms with E-state index in [9.17, 15) is 4.79 Å². The lowest BCUT2D eigenvalue weighted by atomic mass is 9.78. The van der Waals surface area contributed by atoms with Crippen LogP contribution in [-0.4, -0.2) is 5.78 Å². The van der Waals surface area contributed by atoms with E-state index >= 15 is 0 Å². The van der Waals surface area contributed by atoms with Gasteiger partial charge in [-0.15, -0.1) is 0 Å². The maximum absolute atomic E-state index is 12.5. The highest BCUT2D eigenvalue weighted by Crippen LogP contribution is 2.55. The molecule has 2 fully saturated rings. The summed E-state index contributed by atoms with van der Waals surface area (Å²) in [6.07, 6.45) is 8.30. The molecule has 1 nitrogen and oxygen atoms in total. The fourth-order valence-corrected chi connectivity index (χ4v) is 4.45. The molecule has 0 aliphatic heterocycles. The van der Waals surface area contributed by atoms with Crippen LogP contribution in [0.15, 0.2) is 24.3 Å². The van der Waals surface area contributed by atoms with Crippen molar-refractivity contribution in [3.63, 3.8) is 0 Å². The SMILES string of the molecule is O=C(CC1CCCc2ccccc21)C1CC2CC2C1. The van der Waals surface area contributed by atoms with Crippen molar-refractivity contribution in [1.82, 2.24) is 0 Å². The molecule has 0 amide bonds. The van der Waals surface area contributed by atoms with Crippen molar-refractivity contribution in [2.45, 2.75) is 50.9 Å². The molecule has 0 saturated heterocycles. The molecular formula is C18H22O. The lowest BCUT2D eigenvalue weighted by Crippen LogP contribution is -2.19. The van der Waals surface area contributed by atoms with Crippen LogP contribution < -0.4 is 0 Å². The average molecular weight is 254 g/mol. The first kappa shape index (κ1) is 11.7. The minimum Gasteiger partial charge on any atom is -0.299 e. The summed E-state index contributed by atoms with van der Waals surface area (Å²) in [5.74, 6) is 3.33. The fourth-order valence-electron chi connectivity index (χ4n) is 4.45. The van der Waals surface area contributed by atoms with Gasteiger partial charge in [0.2, 0.25) is 0 Å². The Morgan fingerprint density at radius 2 is 1.89 bits per heavy atom. The largest absolute Gasteiger partial charge is 0.299 e. The quantitative estimate of drug-likeness (QED) is 0.793. The van der Waals surface area contributed by atoms with E-state index in [1.807, 2.05) is 0 Å². The maximum atomic E-state index is 12.5. The summed E-state index contributed by atoms with van der Waals surface area (Å²) in [5.41, 5.74) is 2.95. The summed E-state index contributed by atoms with van der Waals surface area (Å²) in [7, 11) is 0. The molecule has 3 aliphatic rings. The number of rotatable bonds is 3. The van der Waals surface area contributed by atoms with Gasteiger partial charge in [0.15, 0.2) is 0 Å². The van der Waals surface area contributed by atoms with Gasteiger partial charge >= 0.3 is 0 Å². The first-order chi connectivity index (χ1) is 9.31. The summed E-state index contributed by atoms with van der Waals surface area (Å²) >= 11 is 0. The van der Waals surface area contributed by atoms with E-state index in [-0.39, 0.29) is 0 Å². The minimum absolute atomic E-state index is 0.415. The Morgan fingerprint density at radius 1 is 1.11 bits per heavy atom. The van der Waals surface area contributed by atoms with Crippen molar-refractivity contribution >= 4 is 5.78 Å². The predicted molar refractivity (Wildman–Crippen MR) is 76.1 cm³/mol. The molecule has 3 atom stereocenters. The van der Waals surface area contributed by atoms with E-state index in [1.165, 1.54) is 49.7 Å². The number of Topliss-reactive ketones (excluding diaryl/α,β-unsaturated/α-hetero) is 1. The Balaban J connectivity index is 1.47. The molecule has 1 heteroatoms. The number of benzene rings is 1. The van der Waals surface area contributed by atoms with Gasteiger partial charge in [0.05, 0.1) is 0 Å². The maximum Gasteiger partial charge on any atom is 0.136 e. The molecule has 3 unspecified atom stereocenters. The van der Waals surface area contributed by atoms with Crippen molar-refractivity contribution in [2.24, 2.45) is 17.8 Å². The average Bonchev–Trinajstić information content (AvgIpc) is 3.05. The summed E-state index contributed by atoms with van der Waals surface area (Å²) < 4.78 is 0. The number of ketones is 1. The van der Waals surface area contributed by atoms with Gasteiger partial charge in [-0.2, -0.15) is 0 Å². The molecule has 1 aromatic rings. The molecule has 3 aliphatic carbocycles. The van der Waals surface area contributed by atoms with Crippen LogP contribution in [0.25, 0.3) is 0 Å². The van der Waals surface area contributed by atoms with E-state index in [1.54, 1.807) is 0 Å². The van der Waals surface area contributed by atoms with E-state index in [2.05, 4.69) is 24.3 Å². The molecule has 0 radical (unpaired) electrons. The van der Waals surface area contributed by atoms with Crippen molar-refractivity contribution in [2.75, 3.05) is 0 Å². The summed E-state index contributed by atoms with van der Waals surface area (Å²) in [6, 6.07) is 8.76. The molecule has 4 rings (SSSR count). The fraction of sp³-hybridized carbons (Fsp3) is 0.611. The van der Waals surface area contributed by atoms with Gasteiger partial charge in [0, 0.05) is 12.3 Å². The third-order valence-corrected chi connectivity index (χ3v) is 5.64. The Morgan fingerprint density at radius 3 is 2.74 bits per heavy atom. The van der Waals surface area contributed by atoms with Gasteiger partial charge in [-0.3, -0.25) is 4.79 Å². The highest BCUT2D eigenvalue weighted by Gasteiger charge is 2.47. The molecular weight excluding hydrogens is 232 g/mol. The highest BCUT2D eigenvalue weighted by atomic mass is 16.1. The smallest absolute Gasteiger partial charge is 0.136 e. The van der Waals surface area contributed by atoms with Crippen LogP contribution in [0.3, 0.4) is 0 Å². The Bertz CT molecular complexity index is 494. The topological polar surface area (TPSA) is 17.1 Å². The number of fused-ring (bicyclic) bond motifs is 2. The van der Waals surface area contributed by atoms with Gasteiger partial charge in [-0.1, -0.05) is 24.3 Å². The molecule has 0 N–H and O–H groups in total. The highest BCUT2D eigenvalue weighted by molar-refractivity contribution is 5.82. The second-order valence-corrected chi connectivity index (χ2v) is 6.88. The summed E-state index contributed by atoms with van der Waals surface area (Å²) in [4.78, 5) is 12.5. The third kappa shape index (κ3) is 2.13. The first-order valence-electron chi connectivity index (χ1n) is 7.92. The van der Waals surface area contributed by atoms with Crippen LogP contribution in [-0.2, 0) is 11.2 Å². The van der Waals surface area contributed by atoms with Crippen molar-refractivity contribution in [3.05, 3.63) is 35.4 Å². The van der Waals surface area contributed by atoms with Crippen LogP contribution in [0.5, 0.6) is 0 Å². The second kappa shape index (κ2) is 4.47. The van der Waals surface area contributed by atoms with Gasteiger partial charge in [0.25, 0.3) is 0 Å². The van der Waals surface area contributed by atoms with E-state index in [4.69, 9.17) is 0 Å². The zero-order valence-electron chi connectivity index (χ0n) is 11.5. The van der Waals surface area contributed by atoms with E-state index in [0.717, 1.165) is 18.3 Å². The Labute approximate surface area is 115 Å². The van der Waals surface area contributed by atoms with Gasteiger partial charge in [-0.25, -0.2) is 0 Å². The third-order valence-electron chi connectivity index (χ3n) is 5.64. The number of carbonyl (C=O) groups is 1. The monoisotopic (exact) mass is 254 g/mol. The number of carbonyl (C=O) groups excluding carboxylic acids is 1. The molecule has 19 heavy (non-hydrogen) atoms.